The number of hydrogen-bond acceptors (Lipinski definition) is 2. The molecule has 2 N–H and O–H groups in total. The van der Waals surface area contributed by atoms with E-state index in [0.29, 0.717) is 18.1 Å². The summed E-state index contributed by atoms with van der Waals surface area (Å²) in [6, 6.07) is 12.4. The molecule has 0 aromatic heterocycles. The van der Waals surface area contributed by atoms with E-state index in [2.05, 4.69) is 42.2 Å². The molecule has 1 saturated heterocycles. The summed E-state index contributed by atoms with van der Waals surface area (Å²) in [5.74, 6) is 0.858. The minimum atomic E-state index is 0.397. The van der Waals surface area contributed by atoms with Crippen LogP contribution >= 0.6 is 0 Å². The molecule has 17 heavy (non-hydrogen) atoms. The largest absolute Gasteiger partial charge is 0.326 e. The third-order valence-electron chi connectivity index (χ3n) is 4.71. The Balaban J connectivity index is 1.81. The molecule has 1 aromatic carbocycles. The first kappa shape index (κ1) is 11.2. The molecule has 2 aliphatic rings. The number of likely N-dealkylation sites (tertiary alicyclic amines) is 1. The smallest absolute Gasteiger partial charge is 0.0323 e. The lowest BCUT2D eigenvalue weighted by Gasteiger charge is -2.33. The minimum Gasteiger partial charge on any atom is -0.326 e. The fourth-order valence-electron chi connectivity index (χ4n) is 3.77. The molecule has 2 fully saturated rings. The molecule has 1 saturated carbocycles. The quantitative estimate of drug-likeness (QED) is 0.846. The summed E-state index contributed by atoms with van der Waals surface area (Å²) >= 11 is 0. The van der Waals surface area contributed by atoms with Crippen LogP contribution in [-0.2, 0) is 0 Å². The van der Waals surface area contributed by atoms with Crippen LogP contribution in [0, 0.1) is 5.92 Å². The first-order chi connectivity index (χ1) is 8.27. The second-order valence-corrected chi connectivity index (χ2v) is 5.61. The predicted molar refractivity (Wildman–Crippen MR) is 70.7 cm³/mol. The molecule has 0 spiro atoms. The highest BCUT2D eigenvalue weighted by Crippen LogP contribution is 2.41. The predicted octanol–water partition coefficient (Wildman–Crippen LogP) is 2.56. The van der Waals surface area contributed by atoms with Gasteiger partial charge in [-0.3, -0.25) is 4.90 Å². The Kier molecular flexibility index (Phi) is 2.93. The maximum Gasteiger partial charge on any atom is 0.0323 e. The molecule has 1 aliphatic carbocycles. The summed E-state index contributed by atoms with van der Waals surface area (Å²) in [5.41, 5.74) is 7.71. The van der Waals surface area contributed by atoms with Crippen LogP contribution in [0.4, 0.5) is 0 Å². The van der Waals surface area contributed by atoms with Crippen LogP contribution in [0.25, 0.3) is 0 Å². The molecular weight excluding hydrogens is 208 g/mol. The van der Waals surface area contributed by atoms with Gasteiger partial charge in [-0.15, -0.1) is 0 Å². The molecule has 3 rings (SSSR count). The fraction of sp³-hybridized carbons (Fsp3) is 0.600. The van der Waals surface area contributed by atoms with Crippen molar-refractivity contribution < 1.29 is 0 Å². The minimum absolute atomic E-state index is 0.397. The summed E-state index contributed by atoms with van der Waals surface area (Å²) in [4.78, 5) is 2.64. The third kappa shape index (κ3) is 1.90. The highest BCUT2D eigenvalue weighted by Gasteiger charge is 2.44. The number of nitrogens with zero attached hydrogens (tertiary/aromatic N) is 1. The summed E-state index contributed by atoms with van der Waals surface area (Å²) in [7, 11) is 0. The molecule has 0 amide bonds. The lowest BCUT2D eigenvalue weighted by molar-refractivity contribution is 0.170. The van der Waals surface area contributed by atoms with Crippen molar-refractivity contribution in [1.29, 1.82) is 0 Å². The molecule has 0 radical (unpaired) electrons. The number of fused-ring (bicyclic) bond motifs is 1. The van der Waals surface area contributed by atoms with E-state index in [1.54, 1.807) is 0 Å². The summed E-state index contributed by atoms with van der Waals surface area (Å²) in [5, 5.41) is 0. The second-order valence-electron chi connectivity index (χ2n) is 5.61. The molecule has 1 aromatic rings. The summed E-state index contributed by atoms with van der Waals surface area (Å²) in [6.45, 7) is 3.54. The van der Waals surface area contributed by atoms with E-state index in [9.17, 15) is 0 Å². The molecule has 2 heteroatoms. The van der Waals surface area contributed by atoms with Gasteiger partial charge in [-0.05, 0) is 44.2 Å². The Labute approximate surface area is 104 Å². The van der Waals surface area contributed by atoms with Crippen LogP contribution in [0.3, 0.4) is 0 Å². The van der Waals surface area contributed by atoms with Gasteiger partial charge in [0.15, 0.2) is 0 Å². The molecule has 92 valence electrons. The van der Waals surface area contributed by atoms with Gasteiger partial charge in [-0.1, -0.05) is 30.3 Å². The standard InChI is InChI=1S/C15H22N2/c1-11(12-5-3-2-4-6-12)17-10-9-13-7-8-14(16)15(13)17/h2-6,11,13-15H,7-10,16H2,1H3/t11-,13+,14-,15-/m1/s1. The fourth-order valence-corrected chi connectivity index (χ4v) is 3.77. The molecule has 0 unspecified atom stereocenters. The molecule has 0 bridgehead atoms. The molecule has 4 atom stereocenters. The van der Waals surface area contributed by atoms with Gasteiger partial charge in [0, 0.05) is 18.1 Å². The van der Waals surface area contributed by atoms with Crippen molar-refractivity contribution in [2.45, 2.75) is 44.3 Å². The highest BCUT2D eigenvalue weighted by atomic mass is 15.2. The van der Waals surface area contributed by atoms with Gasteiger partial charge >= 0.3 is 0 Å². The Morgan fingerprint density at radius 2 is 1.94 bits per heavy atom. The lowest BCUT2D eigenvalue weighted by Crippen LogP contribution is -2.43. The number of hydrogen-bond donors (Lipinski definition) is 1. The van der Waals surface area contributed by atoms with Gasteiger partial charge in [-0.25, -0.2) is 0 Å². The topological polar surface area (TPSA) is 29.3 Å². The number of benzene rings is 1. The monoisotopic (exact) mass is 230 g/mol. The molecule has 1 heterocycles. The van der Waals surface area contributed by atoms with Crippen molar-refractivity contribution in [2.24, 2.45) is 11.7 Å². The van der Waals surface area contributed by atoms with E-state index in [-0.39, 0.29) is 0 Å². The normalized spacial score (nSPS) is 34.8. The highest BCUT2D eigenvalue weighted by molar-refractivity contribution is 5.19. The van der Waals surface area contributed by atoms with E-state index in [4.69, 9.17) is 5.73 Å². The Hall–Kier alpha value is -0.860. The van der Waals surface area contributed by atoms with Crippen molar-refractivity contribution in [3.8, 4) is 0 Å². The molecule has 2 nitrogen and oxygen atoms in total. The maximum atomic E-state index is 6.28. The van der Waals surface area contributed by atoms with Crippen molar-refractivity contribution in [3.63, 3.8) is 0 Å². The zero-order chi connectivity index (χ0) is 11.8. The van der Waals surface area contributed by atoms with E-state index >= 15 is 0 Å². The first-order valence-electron chi connectivity index (χ1n) is 6.83. The maximum absolute atomic E-state index is 6.28. The van der Waals surface area contributed by atoms with Crippen molar-refractivity contribution in [1.82, 2.24) is 4.90 Å². The average molecular weight is 230 g/mol. The van der Waals surface area contributed by atoms with E-state index in [1.165, 1.54) is 31.4 Å². The molecular formula is C15H22N2. The zero-order valence-corrected chi connectivity index (χ0v) is 10.5. The van der Waals surface area contributed by atoms with Gasteiger partial charge in [0.25, 0.3) is 0 Å². The van der Waals surface area contributed by atoms with E-state index in [0.717, 1.165) is 5.92 Å². The van der Waals surface area contributed by atoms with Gasteiger partial charge in [0.2, 0.25) is 0 Å². The van der Waals surface area contributed by atoms with Crippen molar-refractivity contribution in [3.05, 3.63) is 35.9 Å². The molecule has 1 aliphatic heterocycles. The number of rotatable bonds is 2. The van der Waals surface area contributed by atoms with Gasteiger partial charge < -0.3 is 5.73 Å². The van der Waals surface area contributed by atoms with Crippen LogP contribution < -0.4 is 5.73 Å². The van der Waals surface area contributed by atoms with E-state index in [1.807, 2.05) is 0 Å². The van der Waals surface area contributed by atoms with Gasteiger partial charge in [-0.2, -0.15) is 0 Å². The van der Waals surface area contributed by atoms with Crippen LogP contribution in [0.2, 0.25) is 0 Å². The SMILES string of the molecule is C[C@H](c1ccccc1)N1CC[C@@H]2CC[C@@H](N)[C@@H]21. The Bertz CT molecular complexity index is 376. The average Bonchev–Trinajstić information content (AvgIpc) is 2.93. The third-order valence-corrected chi connectivity index (χ3v) is 4.71. The van der Waals surface area contributed by atoms with Crippen molar-refractivity contribution in [2.75, 3.05) is 6.54 Å². The van der Waals surface area contributed by atoms with Crippen LogP contribution in [0.15, 0.2) is 30.3 Å². The van der Waals surface area contributed by atoms with Crippen LogP contribution in [0.1, 0.15) is 37.8 Å². The summed E-state index contributed by atoms with van der Waals surface area (Å²) < 4.78 is 0. The van der Waals surface area contributed by atoms with Crippen molar-refractivity contribution >= 4 is 0 Å². The zero-order valence-electron chi connectivity index (χ0n) is 10.5. The van der Waals surface area contributed by atoms with Crippen LogP contribution in [0.5, 0.6) is 0 Å². The van der Waals surface area contributed by atoms with E-state index < -0.39 is 0 Å². The van der Waals surface area contributed by atoms with Crippen LogP contribution in [-0.4, -0.2) is 23.5 Å². The number of nitrogens with two attached hydrogens (primary N) is 1. The van der Waals surface area contributed by atoms with Gasteiger partial charge in [0.05, 0.1) is 0 Å². The van der Waals surface area contributed by atoms with Gasteiger partial charge in [0.1, 0.15) is 0 Å². The Morgan fingerprint density at radius 3 is 2.71 bits per heavy atom. The Morgan fingerprint density at radius 1 is 1.18 bits per heavy atom. The lowest BCUT2D eigenvalue weighted by atomic mass is 10.0. The second kappa shape index (κ2) is 4.43. The summed E-state index contributed by atoms with van der Waals surface area (Å²) in [6.07, 6.45) is 3.90. The first-order valence-corrected chi connectivity index (χ1v) is 6.83.